The summed E-state index contributed by atoms with van der Waals surface area (Å²) in [5.41, 5.74) is 6.40. The van der Waals surface area contributed by atoms with E-state index in [1.54, 1.807) is 13.0 Å². The molecule has 88 valence electrons. The second kappa shape index (κ2) is 3.80. The molecule has 17 heavy (non-hydrogen) atoms. The van der Waals surface area contributed by atoms with Crippen LogP contribution in [0.25, 0.3) is 16.8 Å². The summed E-state index contributed by atoms with van der Waals surface area (Å²) in [6, 6.07) is 2.86. The lowest BCUT2D eigenvalue weighted by Crippen LogP contribution is -1.99. The van der Waals surface area contributed by atoms with Gasteiger partial charge >= 0.3 is 0 Å². The second-order valence-electron chi connectivity index (χ2n) is 3.82. The lowest BCUT2D eigenvalue weighted by molar-refractivity contribution is 0.452. The lowest BCUT2D eigenvalue weighted by Gasteiger charge is -2.11. The third kappa shape index (κ3) is 1.56. The van der Waals surface area contributed by atoms with Gasteiger partial charge in [-0.2, -0.15) is 0 Å². The fraction of sp³-hybridized carbons (Fsp3) is 0.0769. The molecule has 0 unspecified atom stereocenters. The number of hydrogen-bond donors (Lipinski definition) is 1. The zero-order valence-electron chi connectivity index (χ0n) is 9.15. The molecule has 0 radical (unpaired) electrons. The van der Waals surface area contributed by atoms with Crippen molar-refractivity contribution in [2.75, 3.05) is 5.73 Å². The number of aryl methyl sites for hydroxylation is 1. The van der Waals surface area contributed by atoms with Crippen molar-refractivity contribution >= 4 is 22.5 Å². The third-order valence-corrected chi connectivity index (χ3v) is 2.69. The van der Waals surface area contributed by atoms with Crippen molar-refractivity contribution in [3.05, 3.63) is 47.3 Å². The highest BCUT2D eigenvalue weighted by molar-refractivity contribution is 5.95. The van der Waals surface area contributed by atoms with Gasteiger partial charge in [-0.15, -0.1) is 0 Å². The minimum atomic E-state index is -1.50. The first-order valence-electron chi connectivity index (χ1n) is 4.96. The molecule has 0 aliphatic rings. The summed E-state index contributed by atoms with van der Waals surface area (Å²) in [6.07, 6.45) is 1.17. The maximum absolute atomic E-state index is 13.6. The zero-order chi connectivity index (χ0) is 12.7. The molecule has 0 aromatic heterocycles. The van der Waals surface area contributed by atoms with Crippen molar-refractivity contribution in [1.82, 2.24) is 0 Å². The summed E-state index contributed by atoms with van der Waals surface area (Å²) in [4.78, 5) is 0. The van der Waals surface area contributed by atoms with Crippen LogP contribution in [-0.4, -0.2) is 0 Å². The molecular weight excluding hydrogens is 227 g/mol. The number of anilines is 1. The fourth-order valence-electron chi connectivity index (χ4n) is 1.98. The molecule has 0 amide bonds. The van der Waals surface area contributed by atoms with Crippen LogP contribution in [0.15, 0.2) is 18.7 Å². The van der Waals surface area contributed by atoms with Crippen LogP contribution >= 0.6 is 0 Å². The van der Waals surface area contributed by atoms with Crippen LogP contribution < -0.4 is 5.73 Å². The van der Waals surface area contributed by atoms with E-state index in [1.807, 2.05) is 0 Å². The van der Waals surface area contributed by atoms with Crippen molar-refractivity contribution in [3.8, 4) is 0 Å². The predicted molar refractivity (Wildman–Crippen MR) is 63.1 cm³/mol. The van der Waals surface area contributed by atoms with E-state index in [9.17, 15) is 13.2 Å². The summed E-state index contributed by atoms with van der Waals surface area (Å²) in [7, 11) is 0. The second-order valence-corrected chi connectivity index (χ2v) is 3.82. The summed E-state index contributed by atoms with van der Waals surface area (Å²) >= 11 is 0. The average Bonchev–Trinajstić information content (AvgIpc) is 2.28. The molecule has 2 aromatic rings. The van der Waals surface area contributed by atoms with Crippen LogP contribution in [0.1, 0.15) is 11.1 Å². The number of halogens is 3. The van der Waals surface area contributed by atoms with Crippen LogP contribution in [0.3, 0.4) is 0 Å². The highest BCUT2D eigenvalue weighted by Crippen LogP contribution is 2.32. The van der Waals surface area contributed by atoms with Crippen molar-refractivity contribution in [2.24, 2.45) is 0 Å². The van der Waals surface area contributed by atoms with E-state index in [2.05, 4.69) is 6.58 Å². The molecule has 0 aliphatic carbocycles. The van der Waals surface area contributed by atoms with Crippen molar-refractivity contribution in [1.29, 1.82) is 0 Å². The van der Waals surface area contributed by atoms with Gasteiger partial charge in [0.1, 0.15) is 0 Å². The first-order valence-corrected chi connectivity index (χ1v) is 4.96. The number of rotatable bonds is 1. The highest BCUT2D eigenvalue weighted by atomic mass is 19.2. The van der Waals surface area contributed by atoms with Crippen molar-refractivity contribution in [3.63, 3.8) is 0 Å². The number of hydrogen-bond acceptors (Lipinski definition) is 1. The first kappa shape index (κ1) is 11.5. The van der Waals surface area contributed by atoms with Crippen LogP contribution in [0.5, 0.6) is 0 Å². The minimum Gasteiger partial charge on any atom is -0.399 e. The molecule has 0 saturated carbocycles. The molecule has 1 nitrogen and oxygen atoms in total. The van der Waals surface area contributed by atoms with Crippen LogP contribution in [0.2, 0.25) is 0 Å². The molecule has 2 rings (SSSR count). The van der Waals surface area contributed by atoms with Gasteiger partial charge in [0.05, 0.1) is 0 Å². The van der Waals surface area contributed by atoms with E-state index in [4.69, 9.17) is 5.73 Å². The minimum absolute atomic E-state index is 0.0312. The van der Waals surface area contributed by atoms with E-state index < -0.39 is 17.5 Å². The van der Waals surface area contributed by atoms with Gasteiger partial charge in [-0.05, 0) is 30.0 Å². The maximum Gasteiger partial charge on any atom is 0.195 e. The quantitative estimate of drug-likeness (QED) is 0.592. The van der Waals surface area contributed by atoms with E-state index in [-0.39, 0.29) is 10.9 Å². The smallest absolute Gasteiger partial charge is 0.195 e. The Morgan fingerprint density at radius 2 is 1.76 bits per heavy atom. The largest absolute Gasteiger partial charge is 0.399 e. The van der Waals surface area contributed by atoms with Gasteiger partial charge in [-0.25, -0.2) is 13.2 Å². The van der Waals surface area contributed by atoms with Crippen LogP contribution in [-0.2, 0) is 0 Å². The monoisotopic (exact) mass is 237 g/mol. The highest BCUT2D eigenvalue weighted by Gasteiger charge is 2.19. The van der Waals surface area contributed by atoms with Crippen molar-refractivity contribution in [2.45, 2.75) is 6.92 Å². The Balaban J connectivity index is 3.11. The topological polar surface area (TPSA) is 26.0 Å². The zero-order valence-corrected chi connectivity index (χ0v) is 9.15. The van der Waals surface area contributed by atoms with Gasteiger partial charge in [0.15, 0.2) is 17.5 Å². The van der Waals surface area contributed by atoms with Crippen LogP contribution in [0, 0.1) is 24.4 Å². The Bertz CT molecular complexity index is 633. The fourth-order valence-corrected chi connectivity index (χ4v) is 1.98. The standard InChI is InChI=1S/C13H10F3N/c1-3-8-10-6(2)4-7(17)5-9(10)12(15)13(16)11(8)14/h3-5H,1,17H2,2H3. The number of fused-ring (bicyclic) bond motifs is 1. The number of nitrogens with two attached hydrogens (primary N) is 1. The Morgan fingerprint density at radius 1 is 1.12 bits per heavy atom. The van der Waals surface area contributed by atoms with Gasteiger partial charge in [0, 0.05) is 16.6 Å². The molecule has 4 heteroatoms. The summed E-state index contributed by atoms with van der Waals surface area (Å²) in [5, 5.41) is 0.266. The molecule has 0 spiro atoms. The van der Waals surface area contributed by atoms with Crippen LogP contribution in [0.4, 0.5) is 18.9 Å². The van der Waals surface area contributed by atoms with E-state index in [0.717, 1.165) is 0 Å². The average molecular weight is 237 g/mol. The molecule has 2 aromatic carbocycles. The van der Waals surface area contributed by atoms with Gasteiger partial charge in [0.25, 0.3) is 0 Å². The lowest BCUT2D eigenvalue weighted by atomic mass is 9.98. The Labute approximate surface area is 96.4 Å². The SMILES string of the molecule is C=Cc1c(F)c(F)c(F)c2cc(N)cc(C)c12. The van der Waals surface area contributed by atoms with E-state index >= 15 is 0 Å². The van der Waals surface area contributed by atoms with E-state index in [0.29, 0.717) is 16.6 Å². The van der Waals surface area contributed by atoms with E-state index in [1.165, 1.54) is 12.1 Å². The van der Waals surface area contributed by atoms with Gasteiger partial charge in [0.2, 0.25) is 0 Å². The first-order chi connectivity index (χ1) is 7.97. The molecule has 0 saturated heterocycles. The maximum atomic E-state index is 13.6. The molecular formula is C13H10F3N. The van der Waals surface area contributed by atoms with Gasteiger partial charge in [-0.3, -0.25) is 0 Å². The summed E-state index contributed by atoms with van der Waals surface area (Å²) in [5.74, 6) is -3.95. The molecule has 0 bridgehead atoms. The summed E-state index contributed by atoms with van der Waals surface area (Å²) < 4.78 is 40.5. The molecule has 0 aliphatic heterocycles. The Morgan fingerprint density at radius 3 is 2.35 bits per heavy atom. The number of nitrogen functional groups attached to an aromatic ring is 1. The number of benzene rings is 2. The van der Waals surface area contributed by atoms with Gasteiger partial charge < -0.3 is 5.73 Å². The third-order valence-electron chi connectivity index (χ3n) is 2.69. The van der Waals surface area contributed by atoms with Crippen molar-refractivity contribution < 1.29 is 13.2 Å². The molecule has 0 atom stereocenters. The molecule has 2 N–H and O–H groups in total. The molecule has 0 fully saturated rings. The predicted octanol–water partition coefficient (Wildman–Crippen LogP) is 3.79. The molecule has 0 heterocycles. The Kier molecular flexibility index (Phi) is 2.58. The van der Waals surface area contributed by atoms with Gasteiger partial charge in [-0.1, -0.05) is 12.7 Å². The Hall–Kier alpha value is -1.97. The normalized spacial score (nSPS) is 10.8. The summed E-state index contributed by atoms with van der Waals surface area (Å²) in [6.45, 7) is 5.07.